The molecule has 0 unspecified atom stereocenters. The first kappa shape index (κ1) is 20.3. The van der Waals surface area contributed by atoms with E-state index in [0.717, 1.165) is 24.1 Å². The van der Waals surface area contributed by atoms with Crippen molar-refractivity contribution < 1.29 is 22.7 Å². The maximum atomic E-state index is 13.2. The van der Waals surface area contributed by atoms with Gasteiger partial charge in [0.1, 0.15) is 0 Å². The average Bonchev–Trinajstić information content (AvgIpc) is 3.49. The van der Waals surface area contributed by atoms with Gasteiger partial charge >= 0.3 is 5.97 Å². The van der Waals surface area contributed by atoms with Crippen molar-refractivity contribution in [3.63, 3.8) is 0 Å². The van der Waals surface area contributed by atoms with Crippen LogP contribution in [0.2, 0.25) is 0 Å². The van der Waals surface area contributed by atoms with Crippen LogP contribution in [0.1, 0.15) is 45.1 Å². The Morgan fingerprint density at radius 1 is 1.17 bits per heavy atom. The highest BCUT2D eigenvalue weighted by Crippen LogP contribution is 2.40. The summed E-state index contributed by atoms with van der Waals surface area (Å²) in [6.45, 7) is 4.60. The summed E-state index contributed by atoms with van der Waals surface area (Å²) < 4.78 is 32.9. The van der Waals surface area contributed by atoms with Crippen LogP contribution in [-0.2, 0) is 30.8 Å². The Hall–Kier alpha value is -1.93. The van der Waals surface area contributed by atoms with E-state index in [9.17, 15) is 18.0 Å². The number of sulfonamides is 1. The van der Waals surface area contributed by atoms with Gasteiger partial charge in [-0.3, -0.25) is 9.59 Å². The summed E-state index contributed by atoms with van der Waals surface area (Å²) >= 11 is 0. The summed E-state index contributed by atoms with van der Waals surface area (Å²) in [6, 6.07) is 5.10. The molecule has 7 nitrogen and oxygen atoms in total. The SMILES string of the molecule is CCOC(=O)[C@@H]1CCCN(S(=O)(=O)c2ccc3c(c2)C[C@@H](C)N3C(=O)C2CC2)C1. The maximum Gasteiger partial charge on any atom is 0.310 e. The Morgan fingerprint density at radius 2 is 1.93 bits per heavy atom. The highest BCUT2D eigenvalue weighted by molar-refractivity contribution is 7.89. The highest BCUT2D eigenvalue weighted by Gasteiger charge is 2.40. The van der Waals surface area contributed by atoms with E-state index >= 15 is 0 Å². The van der Waals surface area contributed by atoms with Crippen LogP contribution in [0.4, 0.5) is 5.69 Å². The lowest BCUT2D eigenvalue weighted by Crippen LogP contribution is -2.42. The van der Waals surface area contributed by atoms with Gasteiger partial charge in [0.2, 0.25) is 15.9 Å². The fraction of sp³-hybridized carbons (Fsp3) is 0.619. The Balaban J connectivity index is 1.56. The van der Waals surface area contributed by atoms with Crippen LogP contribution in [0.15, 0.2) is 23.1 Å². The summed E-state index contributed by atoms with van der Waals surface area (Å²) in [6.07, 6.45) is 3.82. The average molecular weight is 421 g/mol. The van der Waals surface area contributed by atoms with Crippen LogP contribution < -0.4 is 4.90 Å². The first-order valence-electron chi connectivity index (χ1n) is 10.5. The number of hydrogen-bond donors (Lipinski definition) is 0. The monoisotopic (exact) mass is 420 g/mol. The third kappa shape index (κ3) is 3.80. The van der Waals surface area contributed by atoms with Gasteiger partial charge < -0.3 is 9.64 Å². The number of nitrogens with zero attached hydrogens (tertiary/aromatic N) is 2. The topological polar surface area (TPSA) is 84.0 Å². The number of carbonyl (C=O) groups is 2. The predicted molar refractivity (Wildman–Crippen MR) is 108 cm³/mol. The molecule has 0 N–H and O–H groups in total. The number of carbonyl (C=O) groups excluding carboxylic acids is 2. The number of benzene rings is 1. The van der Waals surface area contributed by atoms with Crippen LogP contribution in [0, 0.1) is 11.8 Å². The minimum atomic E-state index is -3.70. The standard InChI is InChI=1S/C21H28N2O5S/c1-3-28-21(25)16-5-4-10-22(13-16)29(26,27)18-8-9-19-17(12-18)11-14(2)23(19)20(24)15-6-7-15/h8-9,12,14-16H,3-7,10-11,13H2,1-2H3/t14-,16-/m1/s1. The number of hydrogen-bond acceptors (Lipinski definition) is 5. The fourth-order valence-corrected chi connectivity index (χ4v) is 5.97. The highest BCUT2D eigenvalue weighted by atomic mass is 32.2. The molecule has 29 heavy (non-hydrogen) atoms. The van der Waals surface area contributed by atoms with Gasteiger partial charge in [-0.05, 0) is 69.7 Å². The molecule has 0 radical (unpaired) electrons. The number of ether oxygens (including phenoxy) is 1. The zero-order chi connectivity index (χ0) is 20.8. The minimum Gasteiger partial charge on any atom is -0.466 e. The molecule has 1 saturated carbocycles. The summed E-state index contributed by atoms with van der Waals surface area (Å²) in [5.41, 5.74) is 1.72. The molecule has 2 atom stereocenters. The number of esters is 1. The number of amides is 1. The lowest BCUT2D eigenvalue weighted by molar-refractivity contribution is -0.149. The second-order valence-electron chi connectivity index (χ2n) is 8.28. The van der Waals surface area contributed by atoms with Crippen molar-refractivity contribution in [2.24, 2.45) is 11.8 Å². The molecule has 2 heterocycles. The van der Waals surface area contributed by atoms with Crippen LogP contribution >= 0.6 is 0 Å². The van der Waals surface area contributed by atoms with Crippen molar-refractivity contribution in [2.75, 3.05) is 24.6 Å². The summed E-state index contributed by atoms with van der Waals surface area (Å²) in [7, 11) is -3.70. The first-order chi connectivity index (χ1) is 13.8. The van der Waals surface area contributed by atoms with Crippen LogP contribution in [0.3, 0.4) is 0 Å². The molecule has 1 amide bonds. The van der Waals surface area contributed by atoms with E-state index in [2.05, 4.69) is 0 Å². The van der Waals surface area contributed by atoms with E-state index in [1.165, 1.54) is 4.31 Å². The van der Waals surface area contributed by atoms with E-state index in [1.54, 1.807) is 25.1 Å². The van der Waals surface area contributed by atoms with Crippen molar-refractivity contribution in [1.29, 1.82) is 0 Å². The molecular formula is C21H28N2O5S. The van der Waals surface area contributed by atoms with Gasteiger partial charge in [-0.2, -0.15) is 4.31 Å². The third-order valence-corrected chi connectivity index (χ3v) is 7.93. The quantitative estimate of drug-likeness (QED) is 0.683. The Bertz CT molecular complexity index is 925. The van der Waals surface area contributed by atoms with Gasteiger partial charge in [0.15, 0.2) is 0 Å². The van der Waals surface area contributed by atoms with E-state index in [4.69, 9.17) is 4.74 Å². The van der Waals surface area contributed by atoms with Crippen LogP contribution in [0.5, 0.6) is 0 Å². The molecule has 0 spiro atoms. The van der Waals surface area contributed by atoms with E-state index in [1.807, 2.05) is 11.8 Å². The summed E-state index contributed by atoms with van der Waals surface area (Å²) in [5, 5.41) is 0. The van der Waals surface area contributed by atoms with Gasteiger partial charge in [-0.25, -0.2) is 8.42 Å². The zero-order valence-electron chi connectivity index (χ0n) is 17.0. The molecule has 8 heteroatoms. The van der Waals surface area contributed by atoms with Gasteiger partial charge in [0.05, 0.1) is 17.4 Å². The van der Waals surface area contributed by atoms with Gasteiger partial charge in [-0.1, -0.05) is 0 Å². The van der Waals surface area contributed by atoms with Crippen molar-refractivity contribution in [3.8, 4) is 0 Å². The van der Waals surface area contributed by atoms with E-state index in [-0.39, 0.29) is 35.3 Å². The molecule has 1 aromatic carbocycles. The molecule has 2 fully saturated rings. The molecule has 1 saturated heterocycles. The van der Waals surface area contributed by atoms with Gasteiger partial charge in [0.25, 0.3) is 0 Å². The van der Waals surface area contributed by atoms with Gasteiger partial charge in [0, 0.05) is 30.7 Å². The number of anilines is 1. The predicted octanol–water partition coefficient (Wildman–Crippen LogP) is 2.34. The molecule has 158 valence electrons. The normalized spacial score (nSPS) is 25.0. The minimum absolute atomic E-state index is 0.0410. The van der Waals surface area contributed by atoms with Crippen molar-refractivity contribution in [3.05, 3.63) is 23.8 Å². The van der Waals surface area contributed by atoms with E-state index in [0.29, 0.717) is 32.4 Å². The summed E-state index contributed by atoms with van der Waals surface area (Å²) in [4.78, 5) is 26.8. The number of fused-ring (bicyclic) bond motifs is 1. The van der Waals surface area contributed by atoms with Gasteiger partial charge in [-0.15, -0.1) is 0 Å². The van der Waals surface area contributed by atoms with Crippen molar-refractivity contribution in [2.45, 2.75) is 56.9 Å². The van der Waals surface area contributed by atoms with Crippen LogP contribution in [-0.4, -0.2) is 50.3 Å². The molecule has 4 rings (SSSR count). The van der Waals surface area contributed by atoms with Crippen LogP contribution in [0.25, 0.3) is 0 Å². The molecule has 0 bridgehead atoms. The van der Waals surface area contributed by atoms with E-state index < -0.39 is 15.9 Å². The Labute approximate surface area is 172 Å². The second-order valence-corrected chi connectivity index (χ2v) is 10.2. The van der Waals surface area contributed by atoms with Crippen molar-refractivity contribution >= 4 is 27.6 Å². The lowest BCUT2D eigenvalue weighted by Gasteiger charge is -2.30. The maximum absolute atomic E-state index is 13.2. The molecule has 2 aliphatic heterocycles. The number of piperidine rings is 1. The molecule has 3 aliphatic rings. The fourth-order valence-electron chi connectivity index (χ4n) is 4.39. The lowest BCUT2D eigenvalue weighted by atomic mass is 10.0. The molecule has 1 aliphatic carbocycles. The number of rotatable bonds is 5. The second kappa shape index (κ2) is 7.72. The Morgan fingerprint density at radius 3 is 2.62 bits per heavy atom. The molecule has 0 aromatic heterocycles. The third-order valence-electron chi connectivity index (χ3n) is 6.07. The zero-order valence-corrected chi connectivity index (χ0v) is 17.8. The van der Waals surface area contributed by atoms with Crippen molar-refractivity contribution in [1.82, 2.24) is 4.31 Å². The first-order valence-corrected chi connectivity index (χ1v) is 11.9. The Kier molecular flexibility index (Phi) is 5.42. The molecular weight excluding hydrogens is 392 g/mol. The molecule has 1 aromatic rings. The largest absolute Gasteiger partial charge is 0.466 e. The smallest absolute Gasteiger partial charge is 0.310 e. The summed E-state index contributed by atoms with van der Waals surface area (Å²) in [5.74, 6) is -0.468.